The summed E-state index contributed by atoms with van der Waals surface area (Å²) < 4.78 is 1.53. The number of pyridine rings is 1. The van der Waals surface area contributed by atoms with Gasteiger partial charge in [0.15, 0.2) is 12.4 Å². The first-order chi connectivity index (χ1) is 8.59. The van der Waals surface area contributed by atoms with Gasteiger partial charge in [-0.25, -0.2) is 0 Å². The van der Waals surface area contributed by atoms with Crippen LogP contribution in [0.5, 0.6) is 0 Å². The molecule has 0 aliphatic heterocycles. The molecule has 0 aliphatic carbocycles. The number of nitrogens with zero attached hydrogens (tertiary/aromatic N) is 3. The fourth-order valence-corrected chi connectivity index (χ4v) is 1.55. The predicted molar refractivity (Wildman–Crippen MR) is 61.3 cm³/mol. The molecule has 0 fully saturated rings. The van der Waals surface area contributed by atoms with E-state index in [1.807, 2.05) is 0 Å². The molecule has 1 aromatic heterocycles. The topological polar surface area (TPSA) is 90.2 Å². The monoisotopic (exact) mass is 246 g/mol. The second-order valence-electron chi connectivity index (χ2n) is 3.47. The minimum Gasteiger partial charge on any atom is -0.258 e. The highest BCUT2D eigenvalue weighted by Gasteiger charge is 2.25. The predicted octanol–water partition coefficient (Wildman–Crippen LogP) is 1.78. The molecule has 1 aromatic carbocycles. The number of non-ortho nitro benzene ring substituents is 1. The lowest BCUT2D eigenvalue weighted by molar-refractivity contribution is -0.600. The van der Waals surface area contributed by atoms with E-state index in [9.17, 15) is 20.2 Å². The summed E-state index contributed by atoms with van der Waals surface area (Å²) >= 11 is 0. The maximum atomic E-state index is 10.9. The third-order valence-electron chi connectivity index (χ3n) is 2.36. The molecule has 7 nitrogen and oxygen atoms in total. The standard InChI is InChI=1S/C11H8N3O4/c15-13(16)9-4-5-10(11(8-9)14(17)18)12-6-2-1-3-7-12/h1-8H/q+1. The van der Waals surface area contributed by atoms with Crippen molar-refractivity contribution in [2.75, 3.05) is 0 Å². The van der Waals surface area contributed by atoms with Gasteiger partial charge in [0.2, 0.25) is 0 Å². The van der Waals surface area contributed by atoms with Gasteiger partial charge in [-0.05, 0) is 0 Å². The van der Waals surface area contributed by atoms with Crippen LogP contribution in [0.15, 0.2) is 48.8 Å². The molecule has 0 radical (unpaired) electrons. The molecule has 0 spiro atoms. The van der Waals surface area contributed by atoms with E-state index in [0.29, 0.717) is 0 Å². The van der Waals surface area contributed by atoms with Gasteiger partial charge in [0, 0.05) is 24.3 Å². The Morgan fingerprint density at radius 2 is 1.61 bits per heavy atom. The molecule has 0 atom stereocenters. The summed E-state index contributed by atoms with van der Waals surface area (Å²) in [7, 11) is 0. The van der Waals surface area contributed by atoms with Crippen LogP contribution < -0.4 is 4.57 Å². The van der Waals surface area contributed by atoms with Crippen molar-refractivity contribution in [1.29, 1.82) is 0 Å². The molecule has 0 bridgehead atoms. The van der Waals surface area contributed by atoms with Crippen molar-refractivity contribution >= 4 is 11.4 Å². The van der Waals surface area contributed by atoms with Crippen LogP contribution >= 0.6 is 0 Å². The molecule has 2 aromatic rings. The number of benzene rings is 1. The van der Waals surface area contributed by atoms with Gasteiger partial charge in [0.1, 0.15) is 6.07 Å². The lowest BCUT2D eigenvalue weighted by Crippen LogP contribution is -2.30. The molecule has 0 amide bonds. The van der Waals surface area contributed by atoms with Crippen molar-refractivity contribution in [2.24, 2.45) is 0 Å². The van der Waals surface area contributed by atoms with Gasteiger partial charge in [0.05, 0.1) is 9.85 Å². The third-order valence-corrected chi connectivity index (χ3v) is 2.36. The van der Waals surface area contributed by atoms with Gasteiger partial charge in [-0.1, -0.05) is 6.07 Å². The number of hydrogen-bond acceptors (Lipinski definition) is 4. The Morgan fingerprint density at radius 1 is 0.944 bits per heavy atom. The van der Waals surface area contributed by atoms with E-state index < -0.39 is 9.85 Å². The summed E-state index contributed by atoms with van der Waals surface area (Å²) in [5, 5.41) is 21.5. The first-order valence-corrected chi connectivity index (χ1v) is 4.99. The molecule has 1 heterocycles. The number of rotatable bonds is 3. The van der Waals surface area contributed by atoms with Gasteiger partial charge in [0.25, 0.3) is 11.4 Å². The van der Waals surface area contributed by atoms with Gasteiger partial charge >= 0.3 is 5.69 Å². The fourth-order valence-electron chi connectivity index (χ4n) is 1.55. The van der Waals surface area contributed by atoms with Gasteiger partial charge < -0.3 is 0 Å². The normalized spacial score (nSPS) is 10.0. The second-order valence-corrected chi connectivity index (χ2v) is 3.47. The van der Waals surface area contributed by atoms with Crippen molar-refractivity contribution in [1.82, 2.24) is 0 Å². The van der Waals surface area contributed by atoms with Crippen LogP contribution in [-0.4, -0.2) is 9.85 Å². The first kappa shape index (κ1) is 11.6. The van der Waals surface area contributed by atoms with Crippen molar-refractivity contribution in [3.8, 4) is 5.69 Å². The van der Waals surface area contributed by atoms with E-state index in [1.165, 1.54) is 16.7 Å². The highest BCUT2D eigenvalue weighted by molar-refractivity contribution is 5.53. The number of hydrogen-bond donors (Lipinski definition) is 0. The Morgan fingerprint density at radius 3 is 2.17 bits per heavy atom. The molecule has 0 saturated heterocycles. The number of nitro groups is 2. The largest absolute Gasteiger partial charge is 0.347 e. The molecule has 90 valence electrons. The van der Waals surface area contributed by atoms with Gasteiger partial charge in [-0.2, -0.15) is 4.57 Å². The third kappa shape index (κ3) is 2.14. The minimum absolute atomic E-state index is 0.284. The first-order valence-electron chi connectivity index (χ1n) is 4.99. The Labute approximate surface area is 101 Å². The average molecular weight is 246 g/mol. The van der Waals surface area contributed by atoms with Crippen molar-refractivity contribution in [2.45, 2.75) is 0 Å². The SMILES string of the molecule is O=[N+]([O-])c1ccc(-[n+]2ccccc2)c([N+](=O)[O-])c1. The van der Waals surface area contributed by atoms with E-state index >= 15 is 0 Å². The van der Waals surface area contributed by atoms with E-state index in [2.05, 4.69) is 0 Å². The molecular weight excluding hydrogens is 238 g/mol. The van der Waals surface area contributed by atoms with Crippen LogP contribution in [0.3, 0.4) is 0 Å². The lowest BCUT2D eigenvalue weighted by Gasteiger charge is -1.97. The zero-order chi connectivity index (χ0) is 13.1. The zero-order valence-corrected chi connectivity index (χ0v) is 9.09. The van der Waals surface area contributed by atoms with Crippen LogP contribution in [0, 0.1) is 20.2 Å². The van der Waals surface area contributed by atoms with Crippen LogP contribution in [0.25, 0.3) is 5.69 Å². The van der Waals surface area contributed by atoms with Crippen molar-refractivity contribution in [3.63, 3.8) is 0 Å². The molecule has 2 rings (SSSR count). The van der Waals surface area contributed by atoms with Crippen molar-refractivity contribution < 1.29 is 14.4 Å². The molecule has 0 saturated carbocycles. The Balaban J connectivity index is 2.61. The van der Waals surface area contributed by atoms with Crippen LogP contribution in [0.1, 0.15) is 0 Å². The van der Waals surface area contributed by atoms with Gasteiger partial charge in [-0.3, -0.25) is 20.2 Å². The fraction of sp³-hybridized carbons (Fsp3) is 0. The van der Waals surface area contributed by atoms with Gasteiger partial charge in [-0.15, -0.1) is 0 Å². The van der Waals surface area contributed by atoms with E-state index in [0.717, 1.165) is 6.07 Å². The highest BCUT2D eigenvalue weighted by atomic mass is 16.6. The Kier molecular flexibility index (Phi) is 2.96. The summed E-state index contributed by atoms with van der Waals surface area (Å²) in [5.74, 6) is 0. The van der Waals surface area contributed by atoms with Crippen molar-refractivity contribution in [3.05, 3.63) is 69.0 Å². The van der Waals surface area contributed by atoms with Crippen LogP contribution in [0.2, 0.25) is 0 Å². The Bertz CT molecular complexity index is 613. The zero-order valence-electron chi connectivity index (χ0n) is 9.09. The average Bonchev–Trinajstić information content (AvgIpc) is 2.39. The molecule has 18 heavy (non-hydrogen) atoms. The van der Waals surface area contributed by atoms with E-state index in [1.54, 1.807) is 30.6 Å². The van der Waals surface area contributed by atoms with Crippen LogP contribution in [-0.2, 0) is 0 Å². The Hall–Kier alpha value is -2.83. The van der Waals surface area contributed by atoms with E-state index in [-0.39, 0.29) is 17.1 Å². The number of nitro benzene ring substituents is 2. The molecule has 0 aliphatic rings. The quantitative estimate of drug-likeness (QED) is 0.469. The maximum absolute atomic E-state index is 10.9. The highest BCUT2D eigenvalue weighted by Crippen LogP contribution is 2.24. The second kappa shape index (κ2) is 4.58. The summed E-state index contributed by atoms with van der Waals surface area (Å²) in [6.45, 7) is 0. The lowest BCUT2D eigenvalue weighted by atomic mass is 10.2. The molecule has 0 unspecified atom stereocenters. The summed E-state index contributed by atoms with van der Waals surface area (Å²) in [6.07, 6.45) is 3.27. The number of aromatic nitrogens is 1. The minimum atomic E-state index is -0.660. The van der Waals surface area contributed by atoms with E-state index in [4.69, 9.17) is 0 Å². The maximum Gasteiger partial charge on any atom is 0.347 e. The summed E-state index contributed by atoms with van der Waals surface area (Å²) in [5.41, 5.74) is -0.325. The molecular formula is C11H8N3O4+. The smallest absolute Gasteiger partial charge is 0.258 e. The molecule has 7 heteroatoms. The molecule has 0 N–H and O–H groups in total. The summed E-state index contributed by atoms with van der Waals surface area (Å²) in [4.78, 5) is 20.2. The summed E-state index contributed by atoms with van der Waals surface area (Å²) in [6, 6.07) is 8.75. The van der Waals surface area contributed by atoms with Crippen LogP contribution in [0.4, 0.5) is 11.4 Å².